The molecule has 1 N–H and O–H groups in total. The molecule has 2 aromatic carbocycles. The molecule has 9 nitrogen and oxygen atoms in total. The van der Waals surface area contributed by atoms with Crippen molar-refractivity contribution in [3.05, 3.63) is 54.1 Å². The van der Waals surface area contributed by atoms with Crippen molar-refractivity contribution >= 4 is 27.6 Å². The minimum absolute atomic E-state index is 0.0338. The number of anilines is 1. The number of nitrogens with zero attached hydrogens (tertiary/aromatic N) is 1. The molecule has 2 aromatic rings. The SMILES string of the molecule is CCOC(=O)c1ccc(NS(=O)(=O)c2ccc(O[C@H](C)C(=O)N3CCOCC3)cc2)cc1. The van der Waals surface area contributed by atoms with Crippen molar-refractivity contribution in [2.75, 3.05) is 37.6 Å². The van der Waals surface area contributed by atoms with Crippen molar-refractivity contribution in [2.45, 2.75) is 24.8 Å². The van der Waals surface area contributed by atoms with Gasteiger partial charge >= 0.3 is 5.97 Å². The average Bonchev–Trinajstić information content (AvgIpc) is 2.80. The summed E-state index contributed by atoms with van der Waals surface area (Å²) in [5.74, 6) is -0.228. The van der Waals surface area contributed by atoms with Gasteiger partial charge in [-0.05, 0) is 62.4 Å². The second-order valence-electron chi connectivity index (χ2n) is 7.07. The summed E-state index contributed by atoms with van der Waals surface area (Å²) in [6.45, 7) is 5.68. The molecular weight excluding hydrogens is 436 g/mol. The first-order valence-electron chi connectivity index (χ1n) is 10.2. The molecule has 172 valence electrons. The predicted octanol–water partition coefficient (Wildman–Crippen LogP) is 2.29. The monoisotopic (exact) mass is 462 g/mol. The van der Waals surface area contributed by atoms with Crippen LogP contribution < -0.4 is 9.46 Å². The first-order chi connectivity index (χ1) is 15.3. The molecule has 1 aliphatic rings. The standard InChI is InChI=1S/C22H26N2O7S/c1-3-30-22(26)17-4-6-18(7-5-17)23-32(27,28)20-10-8-19(9-11-20)31-16(2)21(25)24-12-14-29-15-13-24/h4-11,16,23H,3,12-15H2,1-2H3/t16-/m1/s1. The number of amides is 1. The van der Waals surface area contributed by atoms with Gasteiger partial charge in [0.05, 0.1) is 30.3 Å². The molecule has 1 heterocycles. The average molecular weight is 463 g/mol. The number of carbonyl (C=O) groups excluding carboxylic acids is 2. The van der Waals surface area contributed by atoms with Crippen molar-refractivity contribution in [1.29, 1.82) is 0 Å². The van der Waals surface area contributed by atoms with E-state index in [4.69, 9.17) is 14.2 Å². The zero-order valence-corrected chi connectivity index (χ0v) is 18.8. The number of carbonyl (C=O) groups is 2. The van der Waals surface area contributed by atoms with Crippen molar-refractivity contribution < 1.29 is 32.2 Å². The molecule has 32 heavy (non-hydrogen) atoms. The molecule has 0 spiro atoms. The van der Waals surface area contributed by atoms with E-state index in [2.05, 4.69) is 4.72 Å². The summed E-state index contributed by atoms with van der Waals surface area (Å²) < 4.78 is 43.6. The fourth-order valence-corrected chi connectivity index (χ4v) is 4.15. The Kier molecular flexibility index (Phi) is 7.70. The maximum atomic E-state index is 12.7. The largest absolute Gasteiger partial charge is 0.481 e. The fraction of sp³-hybridized carbons (Fsp3) is 0.364. The smallest absolute Gasteiger partial charge is 0.338 e. The number of hydrogen-bond donors (Lipinski definition) is 1. The Hall–Kier alpha value is -3.11. The zero-order chi connectivity index (χ0) is 23.1. The van der Waals surface area contributed by atoms with Gasteiger partial charge in [0, 0.05) is 18.8 Å². The van der Waals surface area contributed by atoms with E-state index in [9.17, 15) is 18.0 Å². The van der Waals surface area contributed by atoms with Crippen LogP contribution in [-0.2, 0) is 24.3 Å². The summed E-state index contributed by atoms with van der Waals surface area (Å²) in [4.78, 5) is 25.9. The second-order valence-corrected chi connectivity index (χ2v) is 8.75. The Bertz CT molecular complexity index is 1030. The molecule has 1 amide bonds. The fourth-order valence-electron chi connectivity index (χ4n) is 3.10. The van der Waals surface area contributed by atoms with Crippen LogP contribution in [0, 0.1) is 0 Å². The van der Waals surface area contributed by atoms with Gasteiger partial charge in [0.15, 0.2) is 6.10 Å². The van der Waals surface area contributed by atoms with Crippen molar-refractivity contribution in [3.8, 4) is 5.75 Å². The second kappa shape index (κ2) is 10.5. The van der Waals surface area contributed by atoms with Crippen LogP contribution in [0.2, 0.25) is 0 Å². The van der Waals surface area contributed by atoms with E-state index in [1.165, 1.54) is 48.5 Å². The van der Waals surface area contributed by atoms with Crippen LogP contribution >= 0.6 is 0 Å². The van der Waals surface area contributed by atoms with E-state index < -0.39 is 22.1 Å². The number of sulfonamides is 1. The molecule has 0 unspecified atom stereocenters. The van der Waals surface area contributed by atoms with Crippen molar-refractivity contribution in [1.82, 2.24) is 4.90 Å². The van der Waals surface area contributed by atoms with E-state index >= 15 is 0 Å². The lowest BCUT2D eigenvalue weighted by molar-refractivity contribution is -0.142. The Labute approximate surface area is 187 Å². The van der Waals surface area contributed by atoms with Crippen LogP contribution in [0.4, 0.5) is 5.69 Å². The third kappa shape index (κ3) is 5.98. The maximum Gasteiger partial charge on any atom is 0.338 e. The molecule has 0 aliphatic carbocycles. The lowest BCUT2D eigenvalue weighted by atomic mass is 10.2. The topological polar surface area (TPSA) is 111 Å². The first-order valence-corrected chi connectivity index (χ1v) is 11.7. The quantitative estimate of drug-likeness (QED) is 0.599. The van der Waals surface area contributed by atoms with E-state index in [1.807, 2.05) is 0 Å². The van der Waals surface area contributed by atoms with Gasteiger partial charge in [-0.25, -0.2) is 13.2 Å². The molecule has 1 fully saturated rings. The summed E-state index contributed by atoms with van der Waals surface area (Å²) in [6.07, 6.45) is -0.702. The predicted molar refractivity (Wildman–Crippen MR) is 117 cm³/mol. The molecule has 10 heteroatoms. The number of benzene rings is 2. The molecule has 0 bridgehead atoms. The number of ether oxygens (including phenoxy) is 3. The zero-order valence-electron chi connectivity index (χ0n) is 17.9. The molecule has 3 rings (SSSR count). The summed E-state index contributed by atoms with van der Waals surface area (Å²) in [5, 5.41) is 0. The van der Waals surface area contributed by atoms with Crippen molar-refractivity contribution in [2.24, 2.45) is 0 Å². The summed E-state index contributed by atoms with van der Waals surface area (Å²) in [6, 6.07) is 11.7. The Morgan fingerprint density at radius 1 is 1.06 bits per heavy atom. The highest BCUT2D eigenvalue weighted by molar-refractivity contribution is 7.92. The van der Waals surface area contributed by atoms with Gasteiger partial charge in [-0.1, -0.05) is 0 Å². The van der Waals surface area contributed by atoms with Crippen LogP contribution in [0.15, 0.2) is 53.4 Å². The maximum absolute atomic E-state index is 12.7. The van der Waals surface area contributed by atoms with E-state index in [0.29, 0.717) is 43.3 Å². The number of esters is 1. The summed E-state index contributed by atoms with van der Waals surface area (Å²) in [7, 11) is -3.85. The number of nitrogens with one attached hydrogen (secondary N) is 1. The third-order valence-corrected chi connectivity index (χ3v) is 6.16. The van der Waals surface area contributed by atoms with Crippen LogP contribution in [0.25, 0.3) is 0 Å². The number of rotatable bonds is 8. The van der Waals surface area contributed by atoms with Gasteiger partial charge in [0.2, 0.25) is 0 Å². The number of hydrogen-bond acceptors (Lipinski definition) is 7. The molecule has 1 aliphatic heterocycles. The Morgan fingerprint density at radius 2 is 1.69 bits per heavy atom. The number of morpholine rings is 1. The summed E-state index contributed by atoms with van der Waals surface area (Å²) >= 11 is 0. The highest BCUT2D eigenvalue weighted by atomic mass is 32.2. The molecular formula is C22H26N2O7S. The molecule has 1 saturated heterocycles. The molecule has 0 aromatic heterocycles. The van der Waals surface area contributed by atoms with E-state index in [0.717, 1.165) is 0 Å². The molecule has 0 saturated carbocycles. The third-order valence-electron chi connectivity index (χ3n) is 4.77. The molecule has 1 atom stereocenters. The van der Waals surface area contributed by atoms with E-state index in [1.54, 1.807) is 18.7 Å². The minimum atomic E-state index is -3.85. The van der Waals surface area contributed by atoms with Crippen molar-refractivity contribution in [3.63, 3.8) is 0 Å². The van der Waals surface area contributed by atoms with Gasteiger partial charge in [-0.2, -0.15) is 0 Å². The van der Waals surface area contributed by atoms with Gasteiger partial charge < -0.3 is 19.1 Å². The molecule has 0 radical (unpaired) electrons. The van der Waals surface area contributed by atoms with E-state index in [-0.39, 0.29) is 17.4 Å². The Morgan fingerprint density at radius 3 is 2.28 bits per heavy atom. The van der Waals surface area contributed by atoms with Gasteiger partial charge in [0.25, 0.3) is 15.9 Å². The van der Waals surface area contributed by atoms with Crippen LogP contribution in [0.3, 0.4) is 0 Å². The lowest BCUT2D eigenvalue weighted by Crippen LogP contribution is -2.46. The minimum Gasteiger partial charge on any atom is -0.481 e. The van der Waals surface area contributed by atoms with Gasteiger partial charge in [-0.3, -0.25) is 9.52 Å². The van der Waals surface area contributed by atoms with Gasteiger partial charge in [0.1, 0.15) is 5.75 Å². The summed E-state index contributed by atoms with van der Waals surface area (Å²) in [5.41, 5.74) is 0.639. The normalized spacial score (nSPS) is 15.0. The highest BCUT2D eigenvalue weighted by Crippen LogP contribution is 2.21. The van der Waals surface area contributed by atoms with Crippen LogP contribution in [0.1, 0.15) is 24.2 Å². The first kappa shape index (κ1) is 23.6. The lowest BCUT2D eigenvalue weighted by Gasteiger charge is -2.29. The van der Waals surface area contributed by atoms with Crippen LogP contribution in [0.5, 0.6) is 5.75 Å². The highest BCUT2D eigenvalue weighted by Gasteiger charge is 2.24. The Balaban J connectivity index is 1.61. The van der Waals surface area contributed by atoms with Gasteiger partial charge in [-0.15, -0.1) is 0 Å². The van der Waals surface area contributed by atoms with Crippen LogP contribution in [-0.4, -0.2) is 64.2 Å².